The van der Waals surface area contributed by atoms with E-state index in [2.05, 4.69) is 4.18 Å². The Kier molecular flexibility index (Phi) is 5.66. The van der Waals surface area contributed by atoms with E-state index < -0.39 is 40.4 Å². The Hall–Kier alpha value is -1.65. The van der Waals surface area contributed by atoms with Crippen molar-refractivity contribution in [2.45, 2.75) is 72.2 Å². The smallest absolute Gasteiger partial charge is 0.456 e. The first-order chi connectivity index (χ1) is 12.4. The van der Waals surface area contributed by atoms with E-state index in [9.17, 15) is 17.1 Å². The first kappa shape index (κ1) is 22.6. The molecule has 1 aliphatic rings. The van der Waals surface area contributed by atoms with E-state index in [-0.39, 0.29) is 11.3 Å². The molecule has 1 saturated heterocycles. The molecule has 28 heavy (non-hydrogen) atoms. The summed E-state index contributed by atoms with van der Waals surface area (Å²) in [6.45, 7) is 14.1. The number of rotatable bonds is 4. The molecule has 0 aliphatic carbocycles. The monoisotopic (exact) mass is 416 g/mol. The van der Waals surface area contributed by atoms with Crippen molar-refractivity contribution in [1.82, 2.24) is 0 Å². The first-order valence-electron chi connectivity index (χ1n) is 8.79. The largest absolute Gasteiger partial charge is 0.495 e. The second-order valence-electron chi connectivity index (χ2n) is 8.75. The second-order valence-corrected chi connectivity index (χ2v) is 9.70. The van der Waals surface area contributed by atoms with Crippen molar-refractivity contribution >= 4 is 29.1 Å². The van der Waals surface area contributed by atoms with Gasteiger partial charge in [-0.15, -0.1) is 0 Å². The molecule has 0 saturated carbocycles. The molecule has 0 unspecified atom stereocenters. The Morgan fingerprint density at radius 2 is 1.61 bits per heavy atom. The van der Waals surface area contributed by atoms with Crippen molar-refractivity contribution < 1.29 is 35.3 Å². The fourth-order valence-corrected chi connectivity index (χ4v) is 2.96. The highest BCUT2D eigenvalue weighted by molar-refractivity contribution is 7.81. The lowest BCUT2D eigenvalue weighted by Crippen LogP contribution is -2.41. The molecule has 1 aliphatic heterocycles. The highest BCUT2D eigenvalue weighted by Crippen LogP contribution is 2.37. The van der Waals surface area contributed by atoms with Gasteiger partial charge in [-0.1, -0.05) is 3.89 Å². The highest BCUT2D eigenvalue weighted by Gasteiger charge is 2.52. The van der Waals surface area contributed by atoms with Crippen LogP contribution in [0.3, 0.4) is 0 Å². The molecule has 1 heterocycles. The molecule has 0 bridgehead atoms. The number of hydrogen-bond acceptors (Lipinski definition) is 7. The van der Waals surface area contributed by atoms with E-state index in [0.29, 0.717) is 11.0 Å². The quantitative estimate of drug-likeness (QED) is 0.424. The summed E-state index contributed by atoms with van der Waals surface area (Å²) in [6, 6.07) is 2.40. The van der Waals surface area contributed by atoms with E-state index in [1.54, 1.807) is 27.7 Å². The minimum absolute atomic E-state index is 0.0285. The maximum Gasteiger partial charge on any atom is 0.495 e. The fraction of sp³-hybridized carbons (Fsp3) is 0.611. The third-order valence-electron chi connectivity index (χ3n) is 4.74. The van der Waals surface area contributed by atoms with Gasteiger partial charge in [0.2, 0.25) is 0 Å². The van der Waals surface area contributed by atoms with E-state index in [1.165, 1.54) is 6.07 Å². The van der Waals surface area contributed by atoms with Gasteiger partial charge in [-0.3, -0.25) is 0 Å². The molecule has 0 atom stereocenters. The Balaban J connectivity index is 2.57. The lowest BCUT2D eigenvalue weighted by molar-refractivity contribution is 0.00578. The third-order valence-corrected chi connectivity index (χ3v) is 5.13. The number of esters is 1. The Morgan fingerprint density at radius 1 is 1.11 bits per heavy atom. The SMILES string of the molecule is Cc1c(B2OC(C)(C)C(C)(C)O2)cc(OS(=O)(=O)F)cc1C(=O)OC(C)(C)C. The standard InChI is InChI=1S/C18H26BFO7S/c1-11-13(15(21)24-16(2,3)4)9-12(25-28(20,22)23)10-14(11)19-26-17(5,6)18(7,8)27-19/h9-10H,1-8H3. The van der Waals surface area contributed by atoms with Crippen molar-refractivity contribution in [2.75, 3.05) is 0 Å². The first-order valence-corrected chi connectivity index (χ1v) is 10.1. The van der Waals surface area contributed by atoms with Crippen LogP contribution in [0.25, 0.3) is 0 Å². The van der Waals surface area contributed by atoms with E-state index >= 15 is 0 Å². The van der Waals surface area contributed by atoms with Gasteiger partial charge in [-0.2, -0.15) is 8.42 Å². The van der Waals surface area contributed by atoms with Crippen LogP contribution in [0.1, 0.15) is 64.4 Å². The van der Waals surface area contributed by atoms with Crippen LogP contribution in [0.4, 0.5) is 3.89 Å². The summed E-state index contributed by atoms with van der Waals surface area (Å²) in [5, 5.41) is 0. The molecule has 0 spiro atoms. The van der Waals surface area contributed by atoms with Crippen LogP contribution < -0.4 is 9.65 Å². The van der Waals surface area contributed by atoms with E-state index in [4.69, 9.17) is 14.0 Å². The molecular formula is C18H26BFO7S. The Labute approximate surface area is 166 Å². The maximum atomic E-state index is 13.1. The number of ether oxygens (including phenoxy) is 1. The fourth-order valence-electron chi connectivity index (χ4n) is 2.63. The highest BCUT2D eigenvalue weighted by atomic mass is 32.3. The van der Waals surface area contributed by atoms with Crippen LogP contribution >= 0.6 is 0 Å². The van der Waals surface area contributed by atoms with Gasteiger partial charge in [0.1, 0.15) is 11.4 Å². The Bertz CT molecular complexity index is 872. The van der Waals surface area contributed by atoms with Gasteiger partial charge in [-0.05, 0) is 78.5 Å². The van der Waals surface area contributed by atoms with Crippen molar-refractivity contribution in [1.29, 1.82) is 0 Å². The van der Waals surface area contributed by atoms with Crippen molar-refractivity contribution in [3.63, 3.8) is 0 Å². The van der Waals surface area contributed by atoms with E-state index in [1.807, 2.05) is 27.7 Å². The molecule has 10 heteroatoms. The molecule has 2 rings (SSSR count). The van der Waals surface area contributed by atoms with Crippen LogP contribution in [-0.2, 0) is 24.5 Å². The third kappa shape index (κ3) is 5.04. The average molecular weight is 416 g/mol. The molecule has 0 aromatic heterocycles. The van der Waals surface area contributed by atoms with Gasteiger partial charge >= 0.3 is 23.6 Å². The van der Waals surface area contributed by atoms with Gasteiger partial charge in [-0.25, -0.2) is 4.79 Å². The number of benzene rings is 1. The molecule has 7 nitrogen and oxygen atoms in total. The average Bonchev–Trinajstić information content (AvgIpc) is 2.65. The summed E-state index contributed by atoms with van der Waals surface area (Å²) >= 11 is 0. The summed E-state index contributed by atoms with van der Waals surface area (Å²) in [4.78, 5) is 12.6. The molecule has 0 N–H and O–H groups in total. The van der Waals surface area contributed by atoms with Gasteiger partial charge in [0, 0.05) is 0 Å². The predicted octanol–water partition coefficient (Wildman–Crippen LogP) is 2.84. The number of carbonyl (C=O) groups excluding carboxylic acids is 1. The summed E-state index contributed by atoms with van der Waals surface area (Å²) in [6.07, 6.45) is 0. The van der Waals surface area contributed by atoms with Gasteiger partial charge in [0.15, 0.2) is 0 Å². The summed E-state index contributed by atoms with van der Waals surface area (Å²) in [5.74, 6) is -1.08. The molecule has 1 aromatic carbocycles. The summed E-state index contributed by atoms with van der Waals surface area (Å²) in [5.41, 5.74) is -1.28. The van der Waals surface area contributed by atoms with Crippen LogP contribution in [0, 0.1) is 6.92 Å². The van der Waals surface area contributed by atoms with Gasteiger partial charge in [0.25, 0.3) is 0 Å². The number of halogens is 1. The van der Waals surface area contributed by atoms with Crippen LogP contribution in [0.15, 0.2) is 12.1 Å². The summed E-state index contributed by atoms with van der Waals surface area (Å²) < 4.78 is 56.7. The lowest BCUT2D eigenvalue weighted by Gasteiger charge is -2.32. The number of carbonyl (C=O) groups is 1. The number of hydrogen-bond donors (Lipinski definition) is 0. The second kappa shape index (κ2) is 7.00. The van der Waals surface area contributed by atoms with Crippen molar-refractivity contribution in [2.24, 2.45) is 0 Å². The molecule has 0 radical (unpaired) electrons. The molecule has 0 amide bonds. The molecular weight excluding hydrogens is 390 g/mol. The van der Waals surface area contributed by atoms with Gasteiger partial charge < -0.3 is 18.2 Å². The summed E-state index contributed by atoms with van der Waals surface area (Å²) in [7, 11) is -6.19. The molecule has 1 aromatic rings. The predicted molar refractivity (Wildman–Crippen MR) is 103 cm³/mol. The lowest BCUT2D eigenvalue weighted by atomic mass is 9.75. The zero-order valence-electron chi connectivity index (χ0n) is 17.4. The topological polar surface area (TPSA) is 88.1 Å². The van der Waals surface area contributed by atoms with Crippen LogP contribution in [0.2, 0.25) is 0 Å². The zero-order valence-corrected chi connectivity index (χ0v) is 18.2. The zero-order chi connectivity index (χ0) is 21.7. The minimum Gasteiger partial charge on any atom is -0.456 e. The van der Waals surface area contributed by atoms with E-state index in [0.717, 1.165) is 6.07 Å². The van der Waals surface area contributed by atoms with Crippen LogP contribution in [0.5, 0.6) is 5.75 Å². The minimum atomic E-state index is -5.29. The van der Waals surface area contributed by atoms with Crippen LogP contribution in [-0.4, -0.2) is 38.3 Å². The molecule has 1 fully saturated rings. The molecule has 156 valence electrons. The van der Waals surface area contributed by atoms with Gasteiger partial charge in [0.05, 0.1) is 16.8 Å². The Morgan fingerprint density at radius 3 is 2.04 bits per heavy atom. The van der Waals surface area contributed by atoms with Crippen molar-refractivity contribution in [3.8, 4) is 5.75 Å². The normalized spacial score (nSPS) is 18.8. The maximum absolute atomic E-state index is 13.1. The van der Waals surface area contributed by atoms with Crippen molar-refractivity contribution in [3.05, 3.63) is 23.3 Å².